The van der Waals surface area contributed by atoms with Crippen LogP contribution in [0, 0.1) is 10.1 Å². The second kappa shape index (κ2) is 5.88. The summed E-state index contributed by atoms with van der Waals surface area (Å²) < 4.78 is 42.3. The number of nitrogens with zero attached hydrogens (tertiary/aromatic N) is 1. The molecule has 0 saturated heterocycles. The number of nitro groups is 1. The molecular formula is C13H9F3N2O4. The van der Waals surface area contributed by atoms with Crippen LogP contribution in [0.2, 0.25) is 0 Å². The van der Waals surface area contributed by atoms with E-state index in [1.165, 1.54) is 12.1 Å². The lowest BCUT2D eigenvalue weighted by atomic mass is 10.1. The van der Waals surface area contributed by atoms with Crippen molar-refractivity contribution in [3.8, 4) is 0 Å². The second-order valence-electron chi connectivity index (χ2n) is 4.28. The molecule has 1 N–H and O–H groups in total. The largest absolute Gasteiger partial charge is 0.433 e. The molecule has 0 bridgehead atoms. The molecule has 0 aliphatic rings. The van der Waals surface area contributed by atoms with Crippen LogP contribution >= 0.6 is 0 Å². The summed E-state index contributed by atoms with van der Waals surface area (Å²) in [5.74, 6) is -1.64. The maximum Gasteiger partial charge on any atom is 0.433 e. The molecule has 0 aliphatic heterocycles. The standard InChI is InChI=1S/C13H9F3N2O4/c14-13(15,16)9-3-1-2-8(6-9)7-17-12(19)10-4-5-11(22-10)18(20)21/h1-6H,7H2,(H,17,19). The van der Waals surface area contributed by atoms with Gasteiger partial charge in [-0.2, -0.15) is 13.2 Å². The van der Waals surface area contributed by atoms with Crippen LogP contribution < -0.4 is 5.32 Å². The van der Waals surface area contributed by atoms with Gasteiger partial charge in [-0.1, -0.05) is 12.1 Å². The molecule has 2 aromatic rings. The summed E-state index contributed by atoms with van der Waals surface area (Å²) in [4.78, 5) is 21.3. The zero-order chi connectivity index (χ0) is 16.3. The highest BCUT2D eigenvalue weighted by molar-refractivity contribution is 5.91. The molecule has 0 aliphatic carbocycles. The van der Waals surface area contributed by atoms with Crippen molar-refractivity contribution in [1.29, 1.82) is 0 Å². The Bertz CT molecular complexity index is 709. The first-order valence-electron chi connectivity index (χ1n) is 5.96. The Morgan fingerprint density at radius 3 is 2.59 bits per heavy atom. The quantitative estimate of drug-likeness (QED) is 0.694. The number of nitrogens with one attached hydrogen (secondary N) is 1. The minimum atomic E-state index is -4.47. The summed E-state index contributed by atoms with van der Waals surface area (Å²) in [7, 11) is 0. The molecule has 1 heterocycles. The lowest BCUT2D eigenvalue weighted by molar-refractivity contribution is -0.402. The molecule has 2 rings (SSSR count). The molecule has 1 aromatic heterocycles. The van der Waals surface area contributed by atoms with E-state index in [2.05, 4.69) is 9.73 Å². The number of benzene rings is 1. The molecule has 116 valence electrons. The van der Waals surface area contributed by atoms with Gasteiger partial charge in [0.05, 0.1) is 11.6 Å². The van der Waals surface area contributed by atoms with E-state index >= 15 is 0 Å². The molecule has 1 amide bonds. The number of rotatable bonds is 4. The highest BCUT2D eigenvalue weighted by atomic mass is 19.4. The van der Waals surface area contributed by atoms with Gasteiger partial charge in [0.15, 0.2) is 5.76 Å². The third-order valence-electron chi connectivity index (χ3n) is 2.70. The lowest BCUT2D eigenvalue weighted by Gasteiger charge is -2.09. The summed E-state index contributed by atoms with van der Waals surface area (Å²) >= 11 is 0. The smallest absolute Gasteiger partial charge is 0.395 e. The number of carbonyl (C=O) groups is 1. The van der Waals surface area contributed by atoms with Crippen molar-refractivity contribution in [3.05, 3.63) is 63.4 Å². The number of furan rings is 1. The molecule has 9 heteroatoms. The third kappa shape index (κ3) is 3.62. The van der Waals surface area contributed by atoms with Crippen LogP contribution in [0.4, 0.5) is 19.1 Å². The number of hydrogen-bond donors (Lipinski definition) is 1. The fourth-order valence-electron chi connectivity index (χ4n) is 1.67. The Kier molecular flexibility index (Phi) is 4.15. The molecule has 0 saturated carbocycles. The number of carbonyl (C=O) groups excluding carboxylic acids is 1. The Balaban J connectivity index is 2.03. The zero-order valence-electron chi connectivity index (χ0n) is 10.9. The van der Waals surface area contributed by atoms with Crippen molar-refractivity contribution < 1.29 is 27.3 Å². The van der Waals surface area contributed by atoms with E-state index in [0.29, 0.717) is 0 Å². The summed E-state index contributed by atoms with van der Waals surface area (Å²) in [6, 6.07) is 6.59. The van der Waals surface area contributed by atoms with E-state index in [1.54, 1.807) is 0 Å². The second-order valence-corrected chi connectivity index (χ2v) is 4.28. The number of halogens is 3. The molecule has 0 spiro atoms. The van der Waals surface area contributed by atoms with Gasteiger partial charge in [-0.25, -0.2) is 0 Å². The van der Waals surface area contributed by atoms with E-state index in [9.17, 15) is 28.1 Å². The van der Waals surface area contributed by atoms with Gasteiger partial charge in [0.1, 0.15) is 4.92 Å². The first-order valence-corrected chi connectivity index (χ1v) is 5.96. The summed E-state index contributed by atoms with van der Waals surface area (Å²) in [6.07, 6.45) is -4.47. The van der Waals surface area contributed by atoms with Crippen LogP contribution in [0.25, 0.3) is 0 Å². The van der Waals surface area contributed by atoms with Gasteiger partial charge in [0, 0.05) is 6.54 Å². The number of amides is 1. The van der Waals surface area contributed by atoms with Crippen molar-refractivity contribution in [2.45, 2.75) is 12.7 Å². The summed E-state index contributed by atoms with van der Waals surface area (Å²) in [6.45, 7) is -0.169. The molecule has 0 unspecified atom stereocenters. The predicted molar refractivity (Wildman–Crippen MR) is 68.0 cm³/mol. The predicted octanol–water partition coefficient (Wildman–Crippen LogP) is 3.14. The van der Waals surface area contributed by atoms with Crippen LogP contribution in [-0.4, -0.2) is 10.8 Å². The molecule has 0 atom stereocenters. The maximum atomic E-state index is 12.5. The highest BCUT2D eigenvalue weighted by Gasteiger charge is 2.30. The maximum absolute atomic E-state index is 12.5. The van der Waals surface area contributed by atoms with Crippen molar-refractivity contribution in [2.75, 3.05) is 0 Å². The van der Waals surface area contributed by atoms with Crippen LogP contribution in [0.5, 0.6) is 0 Å². The Morgan fingerprint density at radius 1 is 1.27 bits per heavy atom. The fourth-order valence-corrected chi connectivity index (χ4v) is 1.67. The molecule has 22 heavy (non-hydrogen) atoms. The first-order chi connectivity index (χ1) is 10.3. The molecular weight excluding hydrogens is 305 g/mol. The van der Waals surface area contributed by atoms with Gasteiger partial charge in [-0.3, -0.25) is 14.9 Å². The average molecular weight is 314 g/mol. The van der Waals surface area contributed by atoms with E-state index in [1.807, 2.05) is 0 Å². The van der Waals surface area contributed by atoms with Crippen LogP contribution in [-0.2, 0) is 12.7 Å². The summed E-state index contributed by atoms with van der Waals surface area (Å²) in [5, 5.41) is 12.7. The van der Waals surface area contributed by atoms with E-state index in [0.717, 1.165) is 24.3 Å². The van der Waals surface area contributed by atoms with Crippen molar-refractivity contribution in [3.63, 3.8) is 0 Å². The molecule has 6 nitrogen and oxygen atoms in total. The first kappa shape index (κ1) is 15.5. The zero-order valence-corrected chi connectivity index (χ0v) is 10.9. The van der Waals surface area contributed by atoms with E-state index in [-0.39, 0.29) is 17.9 Å². The Hall–Kier alpha value is -2.84. The number of alkyl halides is 3. The third-order valence-corrected chi connectivity index (χ3v) is 2.70. The van der Waals surface area contributed by atoms with Gasteiger partial charge < -0.3 is 9.73 Å². The van der Waals surface area contributed by atoms with Crippen LogP contribution in [0.15, 0.2) is 40.8 Å². The fraction of sp³-hybridized carbons (Fsp3) is 0.154. The normalized spacial score (nSPS) is 11.2. The van der Waals surface area contributed by atoms with E-state index in [4.69, 9.17) is 0 Å². The SMILES string of the molecule is O=C(NCc1cccc(C(F)(F)F)c1)c1ccc([N+](=O)[O-])o1. The topological polar surface area (TPSA) is 85.4 Å². The molecule has 0 fully saturated rings. The van der Waals surface area contributed by atoms with Gasteiger partial charge in [-0.05, 0) is 23.8 Å². The minimum Gasteiger partial charge on any atom is -0.395 e. The van der Waals surface area contributed by atoms with Crippen molar-refractivity contribution in [1.82, 2.24) is 5.32 Å². The monoisotopic (exact) mass is 314 g/mol. The Morgan fingerprint density at radius 2 is 2.00 bits per heavy atom. The van der Waals surface area contributed by atoms with Gasteiger partial charge in [-0.15, -0.1) is 0 Å². The van der Waals surface area contributed by atoms with Gasteiger partial charge in [0.2, 0.25) is 0 Å². The van der Waals surface area contributed by atoms with E-state index < -0.39 is 28.5 Å². The average Bonchev–Trinajstić information content (AvgIpc) is 2.94. The van der Waals surface area contributed by atoms with Crippen molar-refractivity contribution in [2.24, 2.45) is 0 Å². The Labute approximate surface area is 121 Å². The van der Waals surface area contributed by atoms with Crippen LogP contribution in [0.3, 0.4) is 0 Å². The molecule has 1 aromatic carbocycles. The minimum absolute atomic E-state index is 0.169. The van der Waals surface area contributed by atoms with Gasteiger partial charge >= 0.3 is 12.1 Å². The lowest BCUT2D eigenvalue weighted by Crippen LogP contribution is -2.22. The summed E-state index contributed by atoms with van der Waals surface area (Å²) in [5.41, 5.74) is -0.586. The van der Waals surface area contributed by atoms with Crippen LogP contribution in [0.1, 0.15) is 21.7 Å². The molecule has 0 radical (unpaired) electrons. The number of hydrogen-bond acceptors (Lipinski definition) is 4. The van der Waals surface area contributed by atoms with Crippen molar-refractivity contribution >= 4 is 11.8 Å². The van der Waals surface area contributed by atoms with Gasteiger partial charge in [0.25, 0.3) is 5.91 Å². The highest BCUT2D eigenvalue weighted by Crippen LogP contribution is 2.29.